The highest BCUT2D eigenvalue weighted by atomic mass is 28.1. The fourth-order valence-electron chi connectivity index (χ4n) is 1.98. The molecule has 1 aromatic rings. The standard InChI is InChI=1S/C12H19NOSi/c15-12(8-4-5-9-14-12)10-13-11-6-2-1-3-7-11/h1-3,6-7,13H,4-5,8-10H2,15H3. The van der Waals surface area contributed by atoms with Crippen LogP contribution in [0.4, 0.5) is 5.69 Å². The van der Waals surface area contributed by atoms with Gasteiger partial charge in [0, 0.05) is 29.1 Å². The summed E-state index contributed by atoms with van der Waals surface area (Å²) in [4.78, 5) is 0. The highest BCUT2D eigenvalue weighted by molar-refractivity contribution is 6.15. The van der Waals surface area contributed by atoms with Gasteiger partial charge in [-0.25, -0.2) is 0 Å². The van der Waals surface area contributed by atoms with E-state index in [2.05, 4.69) is 29.6 Å². The number of hydrogen-bond donors (Lipinski definition) is 1. The lowest BCUT2D eigenvalue weighted by molar-refractivity contribution is -0.00824. The van der Waals surface area contributed by atoms with E-state index in [1.807, 2.05) is 6.07 Å². The summed E-state index contributed by atoms with van der Waals surface area (Å²) in [7, 11) is 1.11. The van der Waals surface area contributed by atoms with Gasteiger partial charge in [-0.05, 0) is 31.4 Å². The molecule has 0 bridgehead atoms. The Labute approximate surface area is 94.4 Å². The van der Waals surface area contributed by atoms with Crippen LogP contribution >= 0.6 is 0 Å². The molecule has 0 aromatic heterocycles. The van der Waals surface area contributed by atoms with Crippen LogP contribution in [-0.2, 0) is 4.74 Å². The van der Waals surface area contributed by atoms with E-state index in [4.69, 9.17) is 4.74 Å². The van der Waals surface area contributed by atoms with E-state index in [0.29, 0.717) is 0 Å². The van der Waals surface area contributed by atoms with Crippen LogP contribution in [0.2, 0.25) is 0 Å². The van der Waals surface area contributed by atoms with Crippen LogP contribution in [0.5, 0.6) is 0 Å². The number of benzene rings is 1. The average Bonchev–Trinajstić information content (AvgIpc) is 2.29. The van der Waals surface area contributed by atoms with E-state index >= 15 is 0 Å². The molecule has 15 heavy (non-hydrogen) atoms. The normalized spacial score (nSPS) is 26.4. The highest BCUT2D eigenvalue weighted by Crippen LogP contribution is 2.22. The van der Waals surface area contributed by atoms with Crippen molar-refractivity contribution in [2.75, 3.05) is 18.5 Å². The quantitative estimate of drug-likeness (QED) is 0.778. The fourth-order valence-corrected chi connectivity index (χ4v) is 2.71. The topological polar surface area (TPSA) is 21.3 Å². The second-order valence-electron chi connectivity index (χ2n) is 4.48. The minimum atomic E-state index is 0.161. The van der Waals surface area contributed by atoms with Crippen molar-refractivity contribution < 1.29 is 4.74 Å². The number of anilines is 1. The molecule has 0 saturated carbocycles. The van der Waals surface area contributed by atoms with Gasteiger partial charge in [0.15, 0.2) is 0 Å². The molecule has 1 aliphatic heterocycles. The molecule has 1 aromatic carbocycles. The van der Waals surface area contributed by atoms with Crippen molar-refractivity contribution in [1.29, 1.82) is 0 Å². The SMILES string of the molecule is [SiH3]C1(CNc2ccccc2)CCCCO1. The summed E-state index contributed by atoms with van der Waals surface area (Å²) in [6.45, 7) is 1.91. The molecule has 3 heteroatoms. The molecule has 0 radical (unpaired) electrons. The number of ether oxygens (including phenoxy) is 1. The zero-order valence-electron chi connectivity index (χ0n) is 9.33. The number of para-hydroxylation sites is 1. The summed E-state index contributed by atoms with van der Waals surface area (Å²) >= 11 is 0. The third kappa shape index (κ3) is 3.07. The second-order valence-corrected chi connectivity index (χ2v) is 6.30. The molecule has 1 unspecified atom stereocenters. The Kier molecular flexibility index (Phi) is 3.44. The molecule has 1 atom stereocenters. The van der Waals surface area contributed by atoms with Crippen molar-refractivity contribution in [1.82, 2.24) is 0 Å². The molecule has 1 fully saturated rings. The van der Waals surface area contributed by atoms with E-state index in [0.717, 1.165) is 23.4 Å². The van der Waals surface area contributed by atoms with E-state index < -0.39 is 0 Å². The van der Waals surface area contributed by atoms with E-state index in [9.17, 15) is 0 Å². The second kappa shape index (κ2) is 4.81. The highest BCUT2D eigenvalue weighted by Gasteiger charge is 2.26. The summed E-state index contributed by atoms with van der Waals surface area (Å²) in [6.07, 6.45) is 3.77. The Balaban J connectivity index is 1.87. The third-order valence-electron chi connectivity index (χ3n) is 2.99. The van der Waals surface area contributed by atoms with Crippen LogP contribution in [0, 0.1) is 0 Å². The minimum absolute atomic E-state index is 0.161. The lowest BCUT2D eigenvalue weighted by Gasteiger charge is -2.34. The Bertz CT molecular complexity index is 296. The summed E-state index contributed by atoms with van der Waals surface area (Å²) in [6, 6.07) is 10.4. The van der Waals surface area contributed by atoms with Crippen molar-refractivity contribution in [2.45, 2.75) is 24.5 Å². The summed E-state index contributed by atoms with van der Waals surface area (Å²) < 4.78 is 5.89. The molecule has 0 aliphatic carbocycles. The van der Waals surface area contributed by atoms with Gasteiger partial charge in [-0.3, -0.25) is 0 Å². The van der Waals surface area contributed by atoms with E-state index in [1.165, 1.54) is 24.9 Å². The first-order valence-corrected chi connectivity index (χ1v) is 6.71. The lowest BCUT2D eigenvalue weighted by atomic mass is 10.1. The van der Waals surface area contributed by atoms with Crippen molar-refractivity contribution in [3.05, 3.63) is 30.3 Å². The fraction of sp³-hybridized carbons (Fsp3) is 0.500. The largest absolute Gasteiger partial charge is 0.383 e. The van der Waals surface area contributed by atoms with Crippen LogP contribution in [0.15, 0.2) is 30.3 Å². The predicted octanol–water partition coefficient (Wildman–Crippen LogP) is 1.36. The maximum Gasteiger partial charge on any atom is 0.0652 e. The van der Waals surface area contributed by atoms with Crippen molar-refractivity contribution in [3.8, 4) is 0 Å². The van der Waals surface area contributed by atoms with Gasteiger partial charge in [0.25, 0.3) is 0 Å². The smallest absolute Gasteiger partial charge is 0.0652 e. The van der Waals surface area contributed by atoms with Crippen LogP contribution in [0.25, 0.3) is 0 Å². The van der Waals surface area contributed by atoms with Gasteiger partial charge in [0.1, 0.15) is 0 Å². The molecule has 2 nitrogen and oxygen atoms in total. The monoisotopic (exact) mass is 221 g/mol. The maximum atomic E-state index is 5.89. The first kappa shape index (κ1) is 10.7. The summed E-state index contributed by atoms with van der Waals surface area (Å²) in [5.74, 6) is 0. The maximum absolute atomic E-state index is 5.89. The Morgan fingerprint density at radius 2 is 2.07 bits per heavy atom. The van der Waals surface area contributed by atoms with Gasteiger partial charge in [0.2, 0.25) is 0 Å². The molecule has 1 aliphatic rings. The molecule has 1 heterocycles. The van der Waals surface area contributed by atoms with Crippen molar-refractivity contribution in [3.63, 3.8) is 0 Å². The minimum Gasteiger partial charge on any atom is -0.383 e. The average molecular weight is 221 g/mol. The molecule has 1 saturated heterocycles. The molecule has 2 rings (SSSR count). The zero-order chi connectivity index (χ0) is 10.6. The molecular formula is C12H19NOSi. The van der Waals surface area contributed by atoms with E-state index in [1.54, 1.807) is 0 Å². The van der Waals surface area contributed by atoms with Gasteiger partial charge >= 0.3 is 0 Å². The molecular weight excluding hydrogens is 202 g/mol. The number of rotatable bonds is 3. The van der Waals surface area contributed by atoms with Crippen LogP contribution in [0.3, 0.4) is 0 Å². The van der Waals surface area contributed by atoms with Crippen LogP contribution < -0.4 is 5.32 Å². The number of nitrogens with one attached hydrogen (secondary N) is 1. The molecule has 0 spiro atoms. The van der Waals surface area contributed by atoms with Gasteiger partial charge in [-0.1, -0.05) is 18.2 Å². The Morgan fingerprint density at radius 3 is 2.73 bits per heavy atom. The first-order chi connectivity index (χ1) is 7.29. The van der Waals surface area contributed by atoms with Gasteiger partial charge < -0.3 is 10.1 Å². The van der Waals surface area contributed by atoms with Gasteiger partial charge in [-0.2, -0.15) is 0 Å². The molecule has 82 valence electrons. The molecule has 0 amide bonds. The van der Waals surface area contributed by atoms with E-state index in [-0.39, 0.29) is 5.22 Å². The lowest BCUT2D eigenvalue weighted by Crippen LogP contribution is -2.43. The third-order valence-corrected chi connectivity index (χ3v) is 4.13. The van der Waals surface area contributed by atoms with Crippen molar-refractivity contribution >= 4 is 15.9 Å². The van der Waals surface area contributed by atoms with Gasteiger partial charge in [0.05, 0.1) is 5.22 Å². The predicted molar refractivity (Wildman–Crippen MR) is 67.4 cm³/mol. The first-order valence-electron chi connectivity index (χ1n) is 5.71. The summed E-state index contributed by atoms with van der Waals surface area (Å²) in [5, 5.41) is 3.63. The van der Waals surface area contributed by atoms with Crippen LogP contribution in [-0.4, -0.2) is 28.6 Å². The van der Waals surface area contributed by atoms with Crippen molar-refractivity contribution in [2.24, 2.45) is 0 Å². The Morgan fingerprint density at radius 1 is 1.27 bits per heavy atom. The zero-order valence-corrected chi connectivity index (χ0v) is 11.3. The van der Waals surface area contributed by atoms with Crippen LogP contribution in [0.1, 0.15) is 19.3 Å². The Hall–Kier alpha value is -0.803. The summed E-state index contributed by atoms with van der Waals surface area (Å²) in [5.41, 5.74) is 1.20. The number of hydrogen-bond acceptors (Lipinski definition) is 2. The van der Waals surface area contributed by atoms with Gasteiger partial charge in [-0.15, -0.1) is 0 Å². The molecule has 1 N–H and O–H groups in total.